The van der Waals surface area contributed by atoms with Crippen molar-refractivity contribution in [2.24, 2.45) is 0 Å². The number of hydrogen-bond donors (Lipinski definition) is 0. The van der Waals surface area contributed by atoms with Gasteiger partial charge in [0.2, 0.25) is 0 Å². The molecular weight excluding hydrogens is 434 g/mol. The van der Waals surface area contributed by atoms with E-state index in [2.05, 4.69) is 59.5 Å². The molecule has 0 unspecified atom stereocenters. The van der Waals surface area contributed by atoms with E-state index in [9.17, 15) is 0 Å². The van der Waals surface area contributed by atoms with E-state index >= 15 is 0 Å². The Morgan fingerprint density at radius 2 is 1.60 bits per heavy atom. The molecule has 0 N–H and O–H groups in total. The average molecular weight is 451 g/mol. The van der Waals surface area contributed by atoms with Crippen molar-refractivity contribution < 1.29 is 0 Å². The number of rotatable bonds is 2. The predicted octanol–water partition coefficient (Wildman–Crippen LogP) is 3.47. The summed E-state index contributed by atoms with van der Waals surface area (Å²) in [4.78, 5) is 12.5. The van der Waals surface area contributed by atoms with Gasteiger partial charge in [0.1, 0.15) is 0 Å². The molecule has 2 rings (SSSR count). The molecule has 0 atom stereocenters. The van der Waals surface area contributed by atoms with Crippen molar-refractivity contribution in [1.29, 1.82) is 0 Å². The standard InChI is InChI=1S/C6H2S2.5CH3.2Sn/c1-3-7-6-2-4-8-5(1)6;;;;;;;/h1-2H;5*1H3;;. The van der Waals surface area contributed by atoms with Crippen molar-refractivity contribution in [3.8, 4) is 0 Å². The van der Waals surface area contributed by atoms with Gasteiger partial charge in [-0.3, -0.25) is 0 Å². The molecule has 0 saturated carbocycles. The fraction of sp³-hybridized carbons (Fsp3) is 0.455. The SMILES string of the molecule is [CH3][Sn]([CH3])[c]1cc2s[c]([Sn]([CH3])([CH3])[CH3])cc2s1. The summed E-state index contributed by atoms with van der Waals surface area (Å²) < 4.78 is 6.60. The van der Waals surface area contributed by atoms with E-state index in [4.69, 9.17) is 0 Å². The zero-order chi connectivity index (χ0) is 11.2. The summed E-state index contributed by atoms with van der Waals surface area (Å²) in [6, 6.07) is 4.98. The first-order valence-electron chi connectivity index (χ1n) is 5.22. The molecule has 1 radical (unpaired) electrons. The summed E-state index contributed by atoms with van der Waals surface area (Å²) >= 11 is 1.24. The van der Waals surface area contributed by atoms with Gasteiger partial charge in [0.25, 0.3) is 0 Å². The van der Waals surface area contributed by atoms with Gasteiger partial charge in [0.05, 0.1) is 0 Å². The quantitative estimate of drug-likeness (QED) is 0.615. The summed E-state index contributed by atoms with van der Waals surface area (Å²) in [7, 11) is 0. The van der Waals surface area contributed by atoms with E-state index in [1.54, 1.807) is 15.2 Å². The van der Waals surface area contributed by atoms with Gasteiger partial charge in [-0.25, -0.2) is 0 Å². The van der Waals surface area contributed by atoms with Gasteiger partial charge in [-0.2, -0.15) is 0 Å². The minimum absolute atomic E-state index is 1.11. The molecule has 81 valence electrons. The molecule has 15 heavy (non-hydrogen) atoms. The molecular formula is C11H17S2Sn2. The molecule has 2 aromatic rings. The second kappa shape index (κ2) is 4.50. The molecule has 4 heteroatoms. The van der Waals surface area contributed by atoms with E-state index in [0.717, 1.165) is 0 Å². The van der Waals surface area contributed by atoms with Crippen LogP contribution in [0.4, 0.5) is 0 Å². The van der Waals surface area contributed by atoms with Crippen LogP contribution in [0.15, 0.2) is 12.1 Å². The molecule has 0 nitrogen and oxygen atoms in total. The van der Waals surface area contributed by atoms with Crippen LogP contribution in [0.1, 0.15) is 0 Å². The van der Waals surface area contributed by atoms with Crippen LogP contribution in [0.3, 0.4) is 0 Å². The Balaban J connectivity index is 2.47. The summed E-state index contributed by atoms with van der Waals surface area (Å²) in [6.45, 7) is 0. The number of fused-ring (bicyclic) bond motifs is 1. The second-order valence-corrected chi connectivity index (χ2v) is 31.1. The van der Waals surface area contributed by atoms with E-state index in [0.29, 0.717) is 0 Å². The molecule has 0 aliphatic carbocycles. The number of thiophene rings is 2. The van der Waals surface area contributed by atoms with E-state index in [1.807, 2.05) is 0 Å². The Morgan fingerprint density at radius 3 is 2.07 bits per heavy atom. The van der Waals surface area contributed by atoms with Crippen LogP contribution >= 0.6 is 22.7 Å². The molecule has 0 fully saturated rings. The van der Waals surface area contributed by atoms with Gasteiger partial charge in [-0.1, -0.05) is 0 Å². The van der Waals surface area contributed by atoms with E-state index in [1.165, 1.54) is 0 Å². The molecule has 0 aliphatic rings. The first-order valence-corrected chi connectivity index (χ1v) is 24.0. The van der Waals surface area contributed by atoms with Gasteiger partial charge in [0.15, 0.2) is 0 Å². The topological polar surface area (TPSA) is 0 Å². The van der Waals surface area contributed by atoms with Crippen LogP contribution in [0.25, 0.3) is 9.40 Å². The van der Waals surface area contributed by atoms with E-state index in [-0.39, 0.29) is 0 Å². The predicted molar refractivity (Wildman–Crippen MR) is 79.8 cm³/mol. The fourth-order valence-corrected chi connectivity index (χ4v) is 13.6. The fourth-order valence-electron chi connectivity index (χ4n) is 1.45. The van der Waals surface area contributed by atoms with Gasteiger partial charge in [0, 0.05) is 0 Å². The minimum atomic E-state index is -1.80. The Labute approximate surface area is 111 Å². The van der Waals surface area contributed by atoms with Crippen LogP contribution in [-0.4, -0.2) is 38.1 Å². The van der Waals surface area contributed by atoms with Crippen molar-refractivity contribution in [2.75, 3.05) is 0 Å². The van der Waals surface area contributed by atoms with Gasteiger partial charge >= 0.3 is 113 Å². The van der Waals surface area contributed by atoms with Gasteiger partial charge in [-0.05, 0) is 0 Å². The maximum atomic E-state index is 2.51. The third-order valence-electron chi connectivity index (χ3n) is 2.44. The summed E-state index contributed by atoms with van der Waals surface area (Å²) in [5.41, 5.74) is 0. The zero-order valence-electron chi connectivity index (χ0n) is 9.97. The van der Waals surface area contributed by atoms with Gasteiger partial charge < -0.3 is 0 Å². The first-order chi connectivity index (χ1) is 6.88. The maximum absolute atomic E-state index is 2.51. The molecule has 2 aromatic heterocycles. The molecule has 0 amide bonds. The Bertz CT molecular complexity index is 443. The first kappa shape index (κ1) is 12.7. The zero-order valence-corrected chi connectivity index (χ0v) is 17.3. The normalized spacial score (nSPS) is 12.9. The molecule has 0 aromatic carbocycles. The average Bonchev–Trinajstić information content (AvgIpc) is 2.55. The van der Waals surface area contributed by atoms with Crippen molar-refractivity contribution in [1.82, 2.24) is 0 Å². The van der Waals surface area contributed by atoms with Crippen LogP contribution in [0, 0.1) is 0 Å². The third kappa shape index (κ3) is 2.74. The van der Waals surface area contributed by atoms with Crippen LogP contribution in [0.2, 0.25) is 24.7 Å². The molecule has 0 aliphatic heterocycles. The summed E-state index contributed by atoms with van der Waals surface area (Å²) in [5.74, 6) is 0. The Morgan fingerprint density at radius 1 is 1.00 bits per heavy atom. The second-order valence-electron chi connectivity index (χ2n) is 5.20. The Kier molecular flexibility index (Phi) is 3.81. The van der Waals surface area contributed by atoms with Gasteiger partial charge in [-0.15, -0.1) is 0 Å². The van der Waals surface area contributed by atoms with Crippen LogP contribution < -0.4 is 5.79 Å². The van der Waals surface area contributed by atoms with Crippen molar-refractivity contribution >= 4 is 76.0 Å². The van der Waals surface area contributed by atoms with Crippen LogP contribution in [-0.2, 0) is 0 Å². The monoisotopic (exact) mass is 453 g/mol. The van der Waals surface area contributed by atoms with Crippen molar-refractivity contribution in [3.05, 3.63) is 12.1 Å². The Hall–Kier alpha value is 1.26. The number of hydrogen-bond acceptors (Lipinski definition) is 2. The van der Waals surface area contributed by atoms with Crippen molar-refractivity contribution in [3.63, 3.8) is 0 Å². The summed E-state index contributed by atoms with van der Waals surface area (Å²) in [5, 5.41) is 0. The summed E-state index contributed by atoms with van der Waals surface area (Å²) in [6.07, 6.45) is 0. The molecule has 0 bridgehead atoms. The molecule has 2 heterocycles. The van der Waals surface area contributed by atoms with E-state index < -0.39 is 38.1 Å². The van der Waals surface area contributed by atoms with Crippen LogP contribution in [0.5, 0.6) is 0 Å². The molecule has 0 saturated heterocycles. The van der Waals surface area contributed by atoms with Crippen molar-refractivity contribution in [2.45, 2.75) is 24.7 Å². The third-order valence-corrected chi connectivity index (χ3v) is 20.8. The molecule has 0 spiro atoms.